The number of benzene rings is 2. The Hall–Kier alpha value is -5.56. The number of hydrogen-bond acceptors (Lipinski definition) is 5. The number of carbonyl (C=O) groups is 1. The number of aromatic nitrogens is 6. The van der Waals surface area contributed by atoms with Crippen molar-refractivity contribution in [2.45, 2.75) is 19.9 Å². The van der Waals surface area contributed by atoms with E-state index in [0.717, 1.165) is 0 Å². The molecule has 0 aliphatic heterocycles. The number of amides is 1. The van der Waals surface area contributed by atoms with Crippen LogP contribution in [-0.2, 0) is 7.05 Å². The van der Waals surface area contributed by atoms with E-state index in [1.807, 2.05) is 18.2 Å². The van der Waals surface area contributed by atoms with E-state index in [1.165, 1.54) is 28.8 Å². The average Bonchev–Trinajstić information content (AvgIpc) is 3.53. The van der Waals surface area contributed by atoms with E-state index in [9.17, 15) is 14.0 Å². The first-order valence-electron chi connectivity index (χ1n) is 12.9. The van der Waals surface area contributed by atoms with E-state index in [-0.39, 0.29) is 11.5 Å². The van der Waals surface area contributed by atoms with Gasteiger partial charge in [0.05, 0.1) is 28.9 Å². The van der Waals surface area contributed by atoms with Crippen LogP contribution in [0.2, 0.25) is 0 Å². The van der Waals surface area contributed by atoms with Crippen LogP contribution in [0.3, 0.4) is 0 Å². The number of carbonyl (C=O) groups excluding carboxylic acids is 1. The van der Waals surface area contributed by atoms with Crippen LogP contribution >= 0.6 is 0 Å². The smallest absolute Gasteiger partial charge is 0.264 e. The van der Waals surface area contributed by atoms with Crippen molar-refractivity contribution < 1.29 is 9.18 Å². The maximum absolute atomic E-state index is 14.2. The van der Waals surface area contributed by atoms with Crippen molar-refractivity contribution in [1.82, 2.24) is 34.3 Å². The highest BCUT2D eigenvalue weighted by atomic mass is 19.1. The third-order valence-corrected chi connectivity index (χ3v) is 6.80. The van der Waals surface area contributed by atoms with E-state index >= 15 is 0 Å². The summed E-state index contributed by atoms with van der Waals surface area (Å²) in [4.78, 5) is 32.0. The molecule has 2 aromatic carbocycles. The molecule has 0 bridgehead atoms. The summed E-state index contributed by atoms with van der Waals surface area (Å²) < 4.78 is 18.5. The van der Waals surface area contributed by atoms with Crippen LogP contribution in [0.5, 0.6) is 0 Å². The van der Waals surface area contributed by atoms with Gasteiger partial charge in [0, 0.05) is 42.6 Å². The van der Waals surface area contributed by atoms with Crippen LogP contribution < -0.4 is 10.9 Å². The van der Waals surface area contributed by atoms with E-state index < -0.39 is 11.9 Å². The van der Waals surface area contributed by atoms with Gasteiger partial charge < -0.3 is 5.32 Å². The van der Waals surface area contributed by atoms with Gasteiger partial charge in [-0.2, -0.15) is 10.2 Å². The van der Waals surface area contributed by atoms with E-state index in [4.69, 9.17) is 0 Å². The lowest BCUT2D eigenvalue weighted by molar-refractivity contribution is 0.0939. The number of nitrogens with one attached hydrogen (secondary N) is 1. The van der Waals surface area contributed by atoms with Crippen molar-refractivity contribution >= 4 is 22.3 Å². The lowest BCUT2D eigenvalue weighted by atomic mass is 10.0. The van der Waals surface area contributed by atoms with Gasteiger partial charge in [0.1, 0.15) is 11.4 Å². The fourth-order valence-electron chi connectivity index (χ4n) is 4.89. The largest absolute Gasteiger partial charge is 0.344 e. The summed E-state index contributed by atoms with van der Waals surface area (Å²) in [5, 5.41) is 12.6. The molecule has 0 spiro atoms. The van der Waals surface area contributed by atoms with Crippen molar-refractivity contribution in [2.75, 3.05) is 0 Å². The van der Waals surface area contributed by atoms with Crippen molar-refractivity contribution in [3.05, 3.63) is 124 Å². The summed E-state index contributed by atoms with van der Waals surface area (Å²) in [5.74, 6) is 5.37. The van der Waals surface area contributed by atoms with E-state index in [1.54, 1.807) is 67.0 Å². The second kappa shape index (κ2) is 10.2. The molecular formula is C31H24FN7O2. The number of fused-ring (bicyclic) bond motifs is 2. The minimum absolute atomic E-state index is 0.338. The minimum Gasteiger partial charge on any atom is -0.344 e. The molecule has 0 fully saturated rings. The Morgan fingerprint density at radius 1 is 1.10 bits per heavy atom. The van der Waals surface area contributed by atoms with Gasteiger partial charge in [-0.1, -0.05) is 24.0 Å². The molecule has 0 saturated carbocycles. The zero-order chi connectivity index (χ0) is 28.7. The van der Waals surface area contributed by atoms with Gasteiger partial charge in [-0.25, -0.2) is 13.9 Å². The number of rotatable bonds is 4. The Labute approximate surface area is 233 Å². The summed E-state index contributed by atoms with van der Waals surface area (Å²) >= 11 is 0. The molecule has 41 heavy (non-hydrogen) atoms. The molecular weight excluding hydrogens is 521 g/mol. The molecule has 0 unspecified atom stereocenters. The quantitative estimate of drug-likeness (QED) is 0.336. The number of halogens is 1. The van der Waals surface area contributed by atoms with Crippen molar-refractivity contribution in [3.63, 3.8) is 0 Å². The molecule has 6 rings (SSSR count). The maximum Gasteiger partial charge on any atom is 0.264 e. The van der Waals surface area contributed by atoms with Gasteiger partial charge in [-0.15, -0.1) is 0 Å². The summed E-state index contributed by atoms with van der Waals surface area (Å²) in [5.41, 5.74) is 3.20. The summed E-state index contributed by atoms with van der Waals surface area (Å²) in [6, 6.07) is 14.1. The normalized spacial score (nSPS) is 11.8. The third-order valence-electron chi connectivity index (χ3n) is 6.80. The topological polar surface area (TPSA) is 99.1 Å². The van der Waals surface area contributed by atoms with E-state index in [0.29, 0.717) is 50.2 Å². The highest BCUT2D eigenvalue weighted by Gasteiger charge is 2.23. The molecule has 4 aromatic heterocycles. The molecule has 1 atom stereocenters. The molecule has 0 aliphatic rings. The Morgan fingerprint density at radius 3 is 2.66 bits per heavy atom. The van der Waals surface area contributed by atoms with Gasteiger partial charge in [0.2, 0.25) is 0 Å². The number of nitrogens with zero attached hydrogens (tertiary/aromatic N) is 6. The standard InChI is InChI=1S/C31H24FN7O2/c1-19(35-30(40)27-20(2)36-38-15-5-14-33-29(27)38)26-16-23-7-4-6-22(9-8-21-17-34-37(3)18-21)28(23)31(41)39(26)25-12-10-24(32)11-13-25/h4-7,10-19H,1-3H3,(H,35,40)/t19-/m0/s1. The first-order valence-corrected chi connectivity index (χ1v) is 12.9. The lowest BCUT2D eigenvalue weighted by Gasteiger charge is -2.21. The highest BCUT2D eigenvalue weighted by molar-refractivity contribution is 6.01. The first-order chi connectivity index (χ1) is 19.8. The number of hydrogen-bond donors (Lipinski definition) is 1. The fourth-order valence-corrected chi connectivity index (χ4v) is 4.89. The minimum atomic E-state index is -0.618. The summed E-state index contributed by atoms with van der Waals surface area (Å²) in [6.45, 7) is 3.53. The van der Waals surface area contributed by atoms with E-state index in [2.05, 4.69) is 32.3 Å². The molecule has 4 heterocycles. The van der Waals surface area contributed by atoms with Crippen LogP contribution in [0.15, 0.2) is 84.2 Å². The lowest BCUT2D eigenvalue weighted by Crippen LogP contribution is -2.32. The first kappa shape index (κ1) is 25.7. The zero-order valence-electron chi connectivity index (χ0n) is 22.5. The Morgan fingerprint density at radius 2 is 1.90 bits per heavy atom. The Bertz CT molecular complexity index is 2080. The van der Waals surface area contributed by atoms with Gasteiger partial charge in [-0.3, -0.25) is 18.8 Å². The maximum atomic E-state index is 14.2. The second-order valence-electron chi connectivity index (χ2n) is 9.65. The molecule has 1 amide bonds. The number of pyridine rings is 1. The predicted molar refractivity (Wildman–Crippen MR) is 152 cm³/mol. The van der Waals surface area contributed by atoms with Gasteiger partial charge in [0.15, 0.2) is 5.65 Å². The van der Waals surface area contributed by atoms with Gasteiger partial charge in [-0.05, 0) is 61.7 Å². The second-order valence-corrected chi connectivity index (χ2v) is 9.65. The number of aryl methyl sites for hydroxylation is 2. The SMILES string of the molecule is Cc1nn2cccnc2c1C(=O)N[C@@H](C)c1cc2cccc(C#Cc3cnn(C)c3)c2c(=O)n1-c1ccc(F)cc1. The van der Waals surface area contributed by atoms with Crippen molar-refractivity contribution in [3.8, 4) is 17.5 Å². The predicted octanol–water partition coefficient (Wildman–Crippen LogP) is 4.11. The fraction of sp³-hybridized carbons (Fsp3) is 0.129. The molecule has 10 heteroatoms. The van der Waals surface area contributed by atoms with Gasteiger partial charge >= 0.3 is 0 Å². The molecule has 1 N–H and O–H groups in total. The molecule has 6 aromatic rings. The van der Waals surface area contributed by atoms with Crippen LogP contribution in [-0.4, -0.2) is 34.9 Å². The molecule has 9 nitrogen and oxygen atoms in total. The van der Waals surface area contributed by atoms with Crippen LogP contribution in [0, 0.1) is 24.6 Å². The molecule has 0 radical (unpaired) electrons. The monoisotopic (exact) mass is 545 g/mol. The molecule has 0 aliphatic carbocycles. The molecule has 0 saturated heterocycles. The Kier molecular flexibility index (Phi) is 6.40. The summed E-state index contributed by atoms with van der Waals surface area (Å²) in [6.07, 6.45) is 6.76. The zero-order valence-corrected chi connectivity index (χ0v) is 22.5. The average molecular weight is 546 g/mol. The van der Waals surface area contributed by atoms with Crippen LogP contribution in [0.25, 0.3) is 22.1 Å². The van der Waals surface area contributed by atoms with Crippen molar-refractivity contribution in [1.29, 1.82) is 0 Å². The van der Waals surface area contributed by atoms with Crippen molar-refractivity contribution in [2.24, 2.45) is 7.05 Å². The van der Waals surface area contributed by atoms with Gasteiger partial charge in [0.25, 0.3) is 11.5 Å². The Balaban J connectivity index is 1.49. The highest BCUT2D eigenvalue weighted by Crippen LogP contribution is 2.24. The summed E-state index contributed by atoms with van der Waals surface area (Å²) in [7, 11) is 1.80. The van der Waals surface area contributed by atoms with Crippen LogP contribution in [0.4, 0.5) is 4.39 Å². The third kappa shape index (κ3) is 4.74. The van der Waals surface area contributed by atoms with Crippen LogP contribution in [0.1, 0.15) is 45.8 Å². The molecule has 202 valence electrons.